The molecule has 0 radical (unpaired) electrons. The zero-order valence-electron chi connectivity index (χ0n) is 33.2. The van der Waals surface area contributed by atoms with E-state index in [1.54, 1.807) is 19.1 Å². The number of hydrogen-bond donors (Lipinski definition) is 10. The number of phenols is 1. The number of guanidine groups is 1. The van der Waals surface area contributed by atoms with Gasteiger partial charge in [0.2, 0.25) is 29.5 Å². The summed E-state index contributed by atoms with van der Waals surface area (Å²) in [6.45, 7) is 8.22. The SMILES string of the molecule is CC[C@H](C)[C@H](NC(=O)[C@H](Cc1ccc(O)cc1)NC(=O)[C@@H]1CCCN1C(=O)[C@@H](N)CCCN=C(N)NC(=O)[C@@H](N)CCCCN)C(=O)N[C@@H](CC(C)C)C(=O)O. The van der Waals surface area contributed by atoms with E-state index in [0.717, 1.165) is 6.42 Å². The first-order valence-corrected chi connectivity index (χ1v) is 19.5. The van der Waals surface area contributed by atoms with Crippen molar-refractivity contribution < 1.29 is 39.0 Å². The van der Waals surface area contributed by atoms with Gasteiger partial charge in [-0.05, 0) is 81.0 Å². The van der Waals surface area contributed by atoms with Crippen LogP contribution in [0, 0.1) is 11.8 Å². The summed E-state index contributed by atoms with van der Waals surface area (Å²) in [5.74, 6) is -4.51. The Labute approximate surface area is 329 Å². The summed E-state index contributed by atoms with van der Waals surface area (Å²) < 4.78 is 0. The quantitative estimate of drug-likeness (QED) is 0.0383. The normalized spacial score (nSPS) is 17.6. The van der Waals surface area contributed by atoms with Crippen molar-refractivity contribution in [1.82, 2.24) is 26.2 Å². The summed E-state index contributed by atoms with van der Waals surface area (Å²) in [4.78, 5) is 84.3. The highest BCUT2D eigenvalue weighted by Crippen LogP contribution is 2.20. The molecule has 56 heavy (non-hydrogen) atoms. The summed E-state index contributed by atoms with van der Waals surface area (Å²) in [6, 6.07) is -0.00261. The van der Waals surface area contributed by atoms with Crippen molar-refractivity contribution in [3.8, 4) is 5.75 Å². The second-order valence-corrected chi connectivity index (χ2v) is 14.9. The van der Waals surface area contributed by atoms with Crippen LogP contribution in [0.1, 0.15) is 91.0 Å². The number of carbonyl (C=O) groups is 6. The van der Waals surface area contributed by atoms with E-state index >= 15 is 0 Å². The Morgan fingerprint density at radius 1 is 0.893 bits per heavy atom. The predicted molar refractivity (Wildman–Crippen MR) is 212 cm³/mol. The number of benzene rings is 1. The number of amides is 5. The largest absolute Gasteiger partial charge is 0.508 e. The number of nitrogens with zero attached hydrogens (tertiary/aromatic N) is 2. The monoisotopic (exact) mass is 788 g/mol. The number of carbonyl (C=O) groups excluding carboxylic acids is 5. The molecule has 1 aliphatic heterocycles. The second kappa shape index (κ2) is 24.0. The Kier molecular flexibility index (Phi) is 20.3. The van der Waals surface area contributed by atoms with E-state index in [2.05, 4.69) is 26.3 Å². The number of likely N-dealkylation sites (tertiary alicyclic amines) is 1. The van der Waals surface area contributed by atoms with E-state index in [-0.39, 0.29) is 50.0 Å². The van der Waals surface area contributed by atoms with Gasteiger partial charge in [-0.1, -0.05) is 52.7 Å². The molecule has 5 amide bonds. The van der Waals surface area contributed by atoms with Crippen LogP contribution in [-0.4, -0.2) is 112 Å². The van der Waals surface area contributed by atoms with Crippen molar-refractivity contribution in [3.05, 3.63) is 29.8 Å². The van der Waals surface area contributed by atoms with Crippen molar-refractivity contribution in [2.75, 3.05) is 19.6 Å². The number of nitrogens with one attached hydrogen (secondary N) is 4. The van der Waals surface area contributed by atoms with Gasteiger partial charge in [0.15, 0.2) is 5.96 Å². The maximum Gasteiger partial charge on any atom is 0.326 e. The summed E-state index contributed by atoms with van der Waals surface area (Å²) in [7, 11) is 0. The van der Waals surface area contributed by atoms with Crippen molar-refractivity contribution in [2.45, 2.75) is 128 Å². The zero-order valence-corrected chi connectivity index (χ0v) is 33.2. The molecule has 1 aliphatic rings. The van der Waals surface area contributed by atoms with E-state index in [9.17, 15) is 39.0 Å². The molecule has 314 valence electrons. The van der Waals surface area contributed by atoms with Crippen molar-refractivity contribution in [3.63, 3.8) is 0 Å². The number of aliphatic carboxylic acids is 1. The topological polar surface area (TPSA) is 311 Å². The standard InChI is InChI=1S/C38H64N10O8/c1-5-23(4)31(35(53)45-29(37(55)56)20-22(2)3)46-33(51)28(21-24-13-15-25(49)16-14-24)44-34(52)30-12-9-19-48(30)36(54)27(41)11-8-18-43-38(42)47-32(50)26(40)10-6-7-17-39/h13-16,22-23,26-31,49H,5-12,17-21,39-41H2,1-4H3,(H,44,52)(H,45,53)(H,46,51)(H,55,56)(H3,42,43,47,50)/t23-,26-,27-,28-,29-,30-,31-/m0/s1. The van der Waals surface area contributed by atoms with Crippen molar-refractivity contribution in [1.29, 1.82) is 0 Å². The molecule has 1 heterocycles. The van der Waals surface area contributed by atoms with E-state index in [1.807, 2.05) is 20.8 Å². The van der Waals surface area contributed by atoms with Crippen LogP contribution in [0.2, 0.25) is 0 Å². The number of aromatic hydroxyl groups is 1. The number of unbranched alkanes of at least 4 members (excludes halogenated alkanes) is 1. The lowest BCUT2D eigenvalue weighted by Crippen LogP contribution is -2.59. The van der Waals surface area contributed by atoms with Gasteiger partial charge >= 0.3 is 5.97 Å². The minimum absolute atomic E-state index is 0.00890. The van der Waals surface area contributed by atoms with Gasteiger partial charge < -0.3 is 54.0 Å². The van der Waals surface area contributed by atoms with Gasteiger partial charge in [-0.15, -0.1) is 0 Å². The molecule has 0 aromatic heterocycles. The fourth-order valence-corrected chi connectivity index (χ4v) is 6.30. The van der Waals surface area contributed by atoms with E-state index in [4.69, 9.17) is 22.9 Å². The van der Waals surface area contributed by atoms with Crippen LogP contribution >= 0.6 is 0 Å². The van der Waals surface area contributed by atoms with Gasteiger partial charge in [0.25, 0.3) is 0 Å². The number of phenolic OH excluding ortho intramolecular Hbond substituents is 1. The Hall–Kier alpha value is -4.81. The minimum Gasteiger partial charge on any atom is -0.508 e. The number of carboxylic acid groups (broad SMARTS) is 1. The molecule has 0 saturated carbocycles. The Morgan fingerprint density at radius 3 is 2.16 bits per heavy atom. The highest BCUT2D eigenvalue weighted by Gasteiger charge is 2.38. The molecule has 18 heteroatoms. The number of aliphatic imine (C=N–C) groups is 1. The second-order valence-electron chi connectivity index (χ2n) is 14.9. The number of nitrogens with two attached hydrogens (primary N) is 4. The third-order valence-electron chi connectivity index (χ3n) is 9.79. The van der Waals surface area contributed by atoms with Crippen molar-refractivity contribution in [2.24, 2.45) is 39.8 Å². The van der Waals surface area contributed by atoms with E-state index in [0.29, 0.717) is 50.6 Å². The number of hydrogen-bond acceptors (Lipinski definition) is 11. The maximum absolute atomic E-state index is 13.9. The fraction of sp³-hybridized carbons (Fsp3) is 0.658. The highest BCUT2D eigenvalue weighted by atomic mass is 16.4. The number of rotatable bonds is 23. The summed E-state index contributed by atoms with van der Waals surface area (Å²) in [5, 5.41) is 30.1. The van der Waals surface area contributed by atoms with Crippen LogP contribution in [0.15, 0.2) is 29.3 Å². The van der Waals surface area contributed by atoms with E-state index < -0.39 is 77.7 Å². The zero-order chi connectivity index (χ0) is 41.9. The van der Waals surface area contributed by atoms with Gasteiger partial charge in [-0.3, -0.25) is 34.3 Å². The first kappa shape index (κ1) is 47.3. The molecular weight excluding hydrogens is 724 g/mol. The molecule has 1 aromatic rings. The molecular formula is C38H64N10O8. The molecule has 0 unspecified atom stereocenters. The van der Waals surface area contributed by atoms with Crippen molar-refractivity contribution >= 4 is 41.5 Å². The first-order chi connectivity index (χ1) is 26.5. The molecule has 2 rings (SSSR count). The highest BCUT2D eigenvalue weighted by molar-refractivity contribution is 5.98. The van der Waals surface area contributed by atoms with Gasteiger partial charge in [0.1, 0.15) is 29.9 Å². The molecule has 7 atom stereocenters. The number of carboxylic acids is 1. The molecule has 0 aliphatic carbocycles. The molecule has 0 spiro atoms. The lowest BCUT2D eigenvalue weighted by Gasteiger charge is -2.30. The average Bonchev–Trinajstić information content (AvgIpc) is 3.65. The molecule has 18 nitrogen and oxygen atoms in total. The van der Waals surface area contributed by atoms with Gasteiger partial charge in [0.05, 0.1) is 12.1 Å². The Bertz CT molecular complexity index is 1490. The summed E-state index contributed by atoms with van der Waals surface area (Å²) >= 11 is 0. The summed E-state index contributed by atoms with van der Waals surface area (Å²) in [6.07, 6.45) is 4.02. The average molecular weight is 789 g/mol. The van der Waals surface area contributed by atoms with E-state index in [1.165, 1.54) is 17.0 Å². The molecule has 1 aromatic carbocycles. The molecule has 0 bridgehead atoms. The Balaban J connectivity index is 2.14. The van der Waals surface area contributed by atoms with Crippen LogP contribution in [-0.2, 0) is 35.2 Å². The molecule has 1 saturated heterocycles. The third-order valence-corrected chi connectivity index (χ3v) is 9.79. The first-order valence-electron chi connectivity index (χ1n) is 19.5. The summed E-state index contributed by atoms with van der Waals surface area (Å²) in [5.41, 5.74) is 24.0. The lowest BCUT2D eigenvalue weighted by atomic mass is 9.96. The molecule has 14 N–H and O–H groups in total. The van der Waals surface area contributed by atoms with Crippen LogP contribution in [0.25, 0.3) is 0 Å². The lowest BCUT2D eigenvalue weighted by molar-refractivity contribution is -0.143. The maximum atomic E-state index is 13.9. The van der Waals surface area contributed by atoms with Gasteiger partial charge in [-0.2, -0.15) is 0 Å². The van der Waals surface area contributed by atoms with Crippen LogP contribution < -0.4 is 44.2 Å². The van der Waals surface area contributed by atoms with Gasteiger partial charge in [-0.25, -0.2) is 4.79 Å². The van der Waals surface area contributed by atoms with Crippen LogP contribution in [0.4, 0.5) is 0 Å². The third kappa shape index (κ3) is 15.7. The minimum atomic E-state index is -1.20. The van der Waals surface area contributed by atoms with Crippen LogP contribution in [0.5, 0.6) is 5.75 Å². The predicted octanol–water partition coefficient (Wildman–Crippen LogP) is -0.448. The Morgan fingerprint density at radius 2 is 1.55 bits per heavy atom. The van der Waals surface area contributed by atoms with Crippen LogP contribution in [0.3, 0.4) is 0 Å². The smallest absolute Gasteiger partial charge is 0.326 e. The molecule has 1 fully saturated rings. The van der Waals surface area contributed by atoms with Gasteiger partial charge in [0, 0.05) is 19.5 Å². The fourth-order valence-electron chi connectivity index (χ4n) is 6.30.